The zero-order valence-electron chi connectivity index (χ0n) is 18.0. The summed E-state index contributed by atoms with van der Waals surface area (Å²) in [6, 6.07) is 5.67. The van der Waals surface area contributed by atoms with Crippen molar-refractivity contribution in [1.82, 2.24) is 29.7 Å². The van der Waals surface area contributed by atoms with Crippen LogP contribution in [-0.2, 0) is 4.79 Å². The maximum Gasteiger partial charge on any atom is 0.228 e. The van der Waals surface area contributed by atoms with Crippen LogP contribution in [0.5, 0.6) is 0 Å². The average Bonchev–Trinajstić information content (AvgIpc) is 3.40. The topological polar surface area (TPSA) is 105 Å². The first-order valence-electron chi connectivity index (χ1n) is 11.2. The largest absolute Gasteiger partial charge is 0.356 e. The highest BCUT2D eigenvalue weighted by Gasteiger charge is 2.26. The molecule has 10 nitrogen and oxygen atoms in total. The fraction of sp³-hybridized carbons (Fsp3) is 0.455. The van der Waals surface area contributed by atoms with E-state index in [1.807, 2.05) is 24.4 Å². The Balaban J connectivity index is 1.18. The van der Waals surface area contributed by atoms with Crippen LogP contribution < -0.4 is 15.1 Å². The van der Waals surface area contributed by atoms with Crippen molar-refractivity contribution >= 4 is 23.4 Å². The monoisotopic (exact) mass is 433 g/mol. The van der Waals surface area contributed by atoms with Gasteiger partial charge in [-0.05, 0) is 38.2 Å². The molecule has 5 heterocycles. The van der Waals surface area contributed by atoms with Crippen LogP contribution in [0.25, 0.3) is 5.82 Å². The van der Waals surface area contributed by atoms with Crippen LogP contribution in [0.3, 0.4) is 0 Å². The summed E-state index contributed by atoms with van der Waals surface area (Å²) in [5.74, 6) is 3.02. The SMILES string of the molecule is O=C(Nc1cc(N2CCCCC2)ncn1)C1CCN(c2cc(-n3cccn3)ncn2)CC1. The van der Waals surface area contributed by atoms with Gasteiger partial charge in [-0.3, -0.25) is 4.79 Å². The van der Waals surface area contributed by atoms with E-state index < -0.39 is 0 Å². The highest BCUT2D eigenvalue weighted by atomic mass is 16.2. The maximum atomic E-state index is 12.9. The summed E-state index contributed by atoms with van der Waals surface area (Å²) in [4.78, 5) is 34.7. The lowest BCUT2D eigenvalue weighted by atomic mass is 9.96. The molecule has 166 valence electrons. The van der Waals surface area contributed by atoms with Gasteiger partial charge < -0.3 is 15.1 Å². The van der Waals surface area contributed by atoms with Crippen LogP contribution in [0.15, 0.2) is 43.2 Å². The second-order valence-electron chi connectivity index (χ2n) is 8.24. The molecule has 2 saturated heterocycles. The third-order valence-corrected chi connectivity index (χ3v) is 6.15. The normalized spacial score (nSPS) is 17.4. The molecule has 0 radical (unpaired) electrons. The summed E-state index contributed by atoms with van der Waals surface area (Å²) in [6.07, 6.45) is 11.8. The van der Waals surface area contributed by atoms with Gasteiger partial charge in [0.05, 0.1) is 0 Å². The number of carbonyl (C=O) groups excluding carboxylic acids is 1. The summed E-state index contributed by atoms with van der Waals surface area (Å²) in [6.45, 7) is 3.54. The number of anilines is 3. The Kier molecular flexibility index (Phi) is 5.91. The number of carbonyl (C=O) groups is 1. The molecule has 0 bridgehead atoms. The second-order valence-corrected chi connectivity index (χ2v) is 8.24. The number of nitrogens with one attached hydrogen (secondary N) is 1. The summed E-state index contributed by atoms with van der Waals surface area (Å²) < 4.78 is 1.71. The molecule has 10 heteroatoms. The first-order chi connectivity index (χ1) is 15.8. The van der Waals surface area contributed by atoms with Crippen LogP contribution in [0.2, 0.25) is 0 Å². The Bertz CT molecular complexity index is 1040. The first kappa shape index (κ1) is 20.3. The smallest absolute Gasteiger partial charge is 0.228 e. The molecule has 0 aromatic carbocycles. The summed E-state index contributed by atoms with van der Waals surface area (Å²) >= 11 is 0. The molecule has 0 spiro atoms. The third kappa shape index (κ3) is 4.53. The molecule has 1 N–H and O–H groups in total. The summed E-state index contributed by atoms with van der Waals surface area (Å²) in [5.41, 5.74) is 0. The molecular weight excluding hydrogens is 406 g/mol. The molecule has 0 atom stereocenters. The molecule has 2 fully saturated rings. The van der Waals surface area contributed by atoms with Gasteiger partial charge in [0.2, 0.25) is 5.91 Å². The van der Waals surface area contributed by atoms with Crippen molar-refractivity contribution in [1.29, 1.82) is 0 Å². The molecule has 2 aliphatic heterocycles. The Morgan fingerprint density at radius 3 is 2.28 bits per heavy atom. The van der Waals surface area contributed by atoms with Gasteiger partial charge in [0, 0.05) is 56.6 Å². The second kappa shape index (κ2) is 9.29. The lowest BCUT2D eigenvalue weighted by molar-refractivity contribution is -0.120. The van der Waals surface area contributed by atoms with Crippen molar-refractivity contribution < 1.29 is 4.79 Å². The fourth-order valence-electron chi connectivity index (χ4n) is 4.35. The lowest BCUT2D eigenvalue weighted by Gasteiger charge is -2.32. The van der Waals surface area contributed by atoms with E-state index in [0.29, 0.717) is 5.82 Å². The van der Waals surface area contributed by atoms with Gasteiger partial charge in [0.15, 0.2) is 5.82 Å². The van der Waals surface area contributed by atoms with Crippen molar-refractivity contribution in [3.05, 3.63) is 43.2 Å². The minimum absolute atomic E-state index is 0.0212. The van der Waals surface area contributed by atoms with Crippen LogP contribution in [0, 0.1) is 5.92 Å². The molecule has 1 amide bonds. The van der Waals surface area contributed by atoms with Crippen molar-refractivity contribution in [3.8, 4) is 5.82 Å². The van der Waals surface area contributed by atoms with Gasteiger partial charge in [-0.25, -0.2) is 24.6 Å². The van der Waals surface area contributed by atoms with E-state index in [-0.39, 0.29) is 11.8 Å². The predicted molar refractivity (Wildman–Crippen MR) is 121 cm³/mol. The van der Waals surface area contributed by atoms with Crippen LogP contribution >= 0.6 is 0 Å². The number of piperidine rings is 2. The number of hydrogen-bond acceptors (Lipinski definition) is 8. The van der Waals surface area contributed by atoms with E-state index in [4.69, 9.17) is 0 Å². The lowest BCUT2D eigenvalue weighted by Crippen LogP contribution is -2.38. The number of aromatic nitrogens is 6. The van der Waals surface area contributed by atoms with Gasteiger partial charge in [0.25, 0.3) is 0 Å². The van der Waals surface area contributed by atoms with Gasteiger partial charge in [-0.15, -0.1) is 0 Å². The number of nitrogens with zero attached hydrogens (tertiary/aromatic N) is 8. The Morgan fingerprint density at radius 2 is 1.53 bits per heavy atom. The van der Waals surface area contributed by atoms with E-state index in [0.717, 1.165) is 56.5 Å². The minimum Gasteiger partial charge on any atom is -0.356 e. The predicted octanol–water partition coefficient (Wildman–Crippen LogP) is 2.30. The van der Waals surface area contributed by atoms with E-state index in [2.05, 4.69) is 40.2 Å². The quantitative estimate of drug-likeness (QED) is 0.654. The van der Waals surface area contributed by atoms with Crippen molar-refractivity contribution in [2.45, 2.75) is 32.1 Å². The molecule has 0 unspecified atom stereocenters. The Labute approximate surface area is 186 Å². The highest BCUT2D eigenvalue weighted by Crippen LogP contribution is 2.24. The number of rotatable bonds is 5. The standard InChI is InChI=1S/C22H27N9O/c32-22(28-18-13-19(24-15-23-18)29-8-2-1-3-9-29)17-5-11-30(12-6-17)20-14-21(26-16-25-20)31-10-4-7-27-31/h4,7,10,13-17H,1-3,5-6,8-9,11-12H2,(H,23,24,28,32). The van der Waals surface area contributed by atoms with Gasteiger partial charge in [0.1, 0.15) is 30.1 Å². The number of hydrogen-bond donors (Lipinski definition) is 1. The summed E-state index contributed by atoms with van der Waals surface area (Å²) in [7, 11) is 0. The number of amides is 1. The van der Waals surface area contributed by atoms with Gasteiger partial charge in [-0.1, -0.05) is 0 Å². The third-order valence-electron chi connectivity index (χ3n) is 6.15. The average molecular weight is 434 g/mol. The minimum atomic E-state index is -0.0490. The van der Waals surface area contributed by atoms with Crippen molar-refractivity contribution in [3.63, 3.8) is 0 Å². The van der Waals surface area contributed by atoms with E-state index in [1.165, 1.54) is 25.6 Å². The Hall–Kier alpha value is -3.56. The molecule has 0 saturated carbocycles. The molecule has 2 aliphatic rings. The van der Waals surface area contributed by atoms with E-state index >= 15 is 0 Å². The molecule has 5 rings (SSSR count). The molecular formula is C22H27N9O. The van der Waals surface area contributed by atoms with Crippen molar-refractivity contribution in [2.75, 3.05) is 41.3 Å². The summed E-state index contributed by atoms with van der Waals surface area (Å²) in [5, 5.41) is 7.23. The van der Waals surface area contributed by atoms with Gasteiger partial charge in [-0.2, -0.15) is 5.10 Å². The molecule has 32 heavy (non-hydrogen) atoms. The highest BCUT2D eigenvalue weighted by molar-refractivity contribution is 5.92. The van der Waals surface area contributed by atoms with Crippen LogP contribution in [-0.4, -0.2) is 61.8 Å². The van der Waals surface area contributed by atoms with Crippen molar-refractivity contribution in [2.24, 2.45) is 5.92 Å². The molecule has 3 aromatic heterocycles. The van der Waals surface area contributed by atoms with Gasteiger partial charge >= 0.3 is 0 Å². The van der Waals surface area contributed by atoms with E-state index in [1.54, 1.807) is 17.2 Å². The zero-order valence-corrected chi connectivity index (χ0v) is 18.0. The molecule has 0 aliphatic carbocycles. The maximum absolute atomic E-state index is 12.9. The fourth-order valence-corrected chi connectivity index (χ4v) is 4.35. The Morgan fingerprint density at radius 1 is 0.844 bits per heavy atom. The van der Waals surface area contributed by atoms with Crippen LogP contribution in [0.4, 0.5) is 17.5 Å². The molecule has 3 aromatic rings. The zero-order chi connectivity index (χ0) is 21.8. The van der Waals surface area contributed by atoms with E-state index in [9.17, 15) is 4.79 Å². The first-order valence-corrected chi connectivity index (χ1v) is 11.2. The van der Waals surface area contributed by atoms with Crippen LogP contribution in [0.1, 0.15) is 32.1 Å².